The van der Waals surface area contributed by atoms with Crippen LogP contribution in [0.3, 0.4) is 0 Å². The van der Waals surface area contributed by atoms with Gasteiger partial charge in [-0.15, -0.1) is 0 Å². The Labute approximate surface area is 157 Å². The van der Waals surface area contributed by atoms with Gasteiger partial charge >= 0.3 is 0 Å². The van der Waals surface area contributed by atoms with Crippen LogP contribution >= 0.6 is 23.2 Å². The lowest BCUT2D eigenvalue weighted by atomic mass is 10.2. The summed E-state index contributed by atoms with van der Waals surface area (Å²) in [6.07, 6.45) is 8.28. The predicted molar refractivity (Wildman–Crippen MR) is 98.7 cm³/mol. The van der Waals surface area contributed by atoms with E-state index in [2.05, 4.69) is 9.55 Å². The standard InChI is InChI=1S/C19H21Cl2N3O/c20-16-6-5-15(17(21)9-16)11-23-8-7-22-18(23)12-24(10-13-1-2-13)19(25)14-3-4-14/h5-9,13-14H,1-4,10-12H2. The van der Waals surface area contributed by atoms with Crippen LogP contribution in [0.4, 0.5) is 0 Å². The maximum absolute atomic E-state index is 12.6. The summed E-state index contributed by atoms with van der Waals surface area (Å²) in [5.74, 6) is 2.12. The molecule has 2 aliphatic carbocycles. The normalized spacial score (nSPS) is 16.9. The smallest absolute Gasteiger partial charge is 0.226 e. The largest absolute Gasteiger partial charge is 0.335 e. The number of carbonyl (C=O) groups excluding carboxylic acids is 1. The minimum absolute atomic E-state index is 0.243. The van der Waals surface area contributed by atoms with Crippen molar-refractivity contribution in [3.8, 4) is 0 Å². The molecule has 6 heteroatoms. The zero-order valence-electron chi connectivity index (χ0n) is 14.0. The van der Waals surface area contributed by atoms with Crippen LogP contribution in [0.2, 0.25) is 10.0 Å². The van der Waals surface area contributed by atoms with Gasteiger partial charge in [-0.3, -0.25) is 4.79 Å². The van der Waals surface area contributed by atoms with E-state index in [1.165, 1.54) is 12.8 Å². The first-order chi connectivity index (χ1) is 12.1. The van der Waals surface area contributed by atoms with Gasteiger partial charge in [-0.2, -0.15) is 0 Å². The van der Waals surface area contributed by atoms with E-state index in [4.69, 9.17) is 23.2 Å². The fourth-order valence-corrected chi connectivity index (χ4v) is 3.54. The van der Waals surface area contributed by atoms with Gasteiger partial charge in [0.05, 0.1) is 13.1 Å². The Morgan fingerprint density at radius 3 is 2.72 bits per heavy atom. The van der Waals surface area contributed by atoms with Gasteiger partial charge in [-0.25, -0.2) is 4.98 Å². The molecule has 2 aliphatic rings. The summed E-state index contributed by atoms with van der Waals surface area (Å²) in [6.45, 7) is 2.06. The molecule has 1 aromatic heterocycles. The first-order valence-electron chi connectivity index (χ1n) is 8.83. The first-order valence-corrected chi connectivity index (χ1v) is 9.58. The third kappa shape index (κ3) is 4.18. The Morgan fingerprint density at radius 1 is 1.24 bits per heavy atom. The summed E-state index contributed by atoms with van der Waals surface area (Å²) in [6, 6.07) is 5.53. The zero-order chi connectivity index (χ0) is 17.4. The average molecular weight is 378 g/mol. The molecule has 2 aromatic rings. The highest BCUT2D eigenvalue weighted by atomic mass is 35.5. The fourth-order valence-electron chi connectivity index (χ4n) is 3.07. The van der Waals surface area contributed by atoms with Crippen LogP contribution in [0.25, 0.3) is 0 Å². The lowest BCUT2D eigenvalue weighted by Crippen LogP contribution is -2.34. The number of carbonyl (C=O) groups is 1. The molecule has 0 bridgehead atoms. The molecule has 25 heavy (non-hydrogen) atoms. The van der Waals surface area contributed by atoms with E-state index < -0.39 is 0 Å². The van der Waals surface area contributed by atoms with Crippen LogP contribution in [-0.4, -0.2) is 26.9 Å². The topological polar surface area (TPSA) is 38.1 Å². The highest BCUT2D eigenvalue weighted by molar-refractivity contribution is 6.35. The van der Waals surface area contributed by atoms with Crippen molar-refractivity contribution in [3.05, 3.63) is 52.0 Å². The van der Waals surface area contributed by atoms with Gasteiger partial charge in [0, 0.05) is 34.9 Å². The molecule has 4 nitrogen and oxygen atoms in total. The number of rotatable bonds is 7. The molecule has 0 saturated heterocycles. The summed E-state index contributed by atoms with van der Waals surface area (Å²) in [4.78, 5) is 19.1. The highest BCUT2D eigenvalue weighted by Crippen LogP contribution is 2.35. The van der Waals surface area contributed by atoms with E-state index in [1.807, 2.05) is 23.2 Å². The Kier molecular flexibility index (Phi) is 4.74. The van der Waals surface area contributed by atoms with Crippen molar-refractivity contribution in [2.24, 2.45) is 11.8 Å². The van der Waals surface area contributed by atoms with Crippen LogP contribution in [0, 0.1) is 11.8 Å². The number of aromatic nitrogens is 2. The molecule has 1 amide bonds. The number of benzene rings is 1. The van der Waals surface area contributed by atoms with Crippen molar-refractivity contribution in [1.82, 2.24) is 14.5 Å². The molecule has 132 valence electrons. The molecule has 0 radical (unpaired) electrons. The van der Waals surface area contributed by atoms with Gasteiger partial charge in [-0.1, -0.05) is 29.3 Å². The number of amides is 1. The van der Waals surface area contributed by atoms with Gasteiger partial charge in [0.25, 0.3) is 0 Å². The molecular formula is C19H21Cl2N3O. The lowest BCUT2D eigenvalue weighted by molar-refractivity contribution is -0.133. The van der Waals surface area contributed by atoms with E-state index in [0.717, 1.165) is 30.8 Å². The molecule has 4 rings (SSSR count). The van der Waals surface area contributed by atoms with Gasteiger partial charge in [0.15, 0.2) is 0 Å². The maximum atomic E-state index is 12.6. The molecule has 0 unspecified atom stereocenters. The van der Waals surface area contributed by atoms with E-state index in [9.17, 15) is 4.79 Å². The van der Waals surface area contributed by atoms with Gasteiger partial charge in [0.1, 0.15) is 5.82 Å². The Morgan fingerprint density at radius 2 is 2.04 bits per heavy atom. The summed E-state index contributed by atoms with van der Waals surface area (Å²) in [5, 5.41) is 1.28. The first kappa shape index (κ1) is 16.9. The van der Waals surface area contributed by atoms with Crippen LogP contribution in [0.1, 0.15) is 37.1 Å². The molecule has 1 heterocycles. The quantitative estimate of drug-likeness (QED) is 0.717. The maximum Gasteiger partial charge on any atom is 0.226 e. The van der Waals surface area contributed by atoms with Crippen molar-refractivity contribution in [2.75, 3.05) is 6.54 Å². The summed E-state index contributed by atoms with van der Waals surface area (Å²) >= 11 is 12.3. The number of imidazole rings is 1. The molecule has 0 N–H and O–H groups in total. The summed E-state index contributed by atoms with van der Waals surface area (Å²) < 4.78 is 2.06. The minimum atomic E-state index is 0.243. The van der Waals surface area contributed by atoms with Crippen molar-refractivity contribution in [3.63, 3.8) is 0 Å². The zero-order valence-corrected chi connectivity index (χ0v) is 15.5. The van der Waals surface area contributed by atoms with Gasteiger partial charge in [-0.05, 0) is 49.3 Å². The van der Waals surface area contributed by atoms with E-state index in [0.29, 0.717) is 35.0 Å². The van der Waals surface area contributed by atoms with Crippen LogP contribution in [-0.2, 0) is 17.9 Å². The van der Waals surface area contributed by atoms with E-state index in [-0.39, 0.29) is 5.92 Å². The Bertz CT molecular complexity index is 781. The fraction of sp³-hybridized carbons (Fsp3) is 0.474. The van der Waals surface area contributed by atoms with Gasteiger partial charge < -0.3 is 9.47 Å². The summed E-state index contributed by atoms with van der Waals surface area (Å²) in [5.41, 5.74) is 0.993. The molecule has 0 spiro atoms. The van der Waals surface area contributed by atoms with Crippen molar-refractivity contribution >= 4 is 29.1 Å². The Balaban J connectivity index is 1.50. The lowest BCUT2D eigenvalue weighted by Gasteiger charge is -2.23. The second-order valence-corrected chi connectivity index (χ2v) is 7.99. The molecule has 1 aromatic carbocycles. The summed E-state index contributed by atoms with van der Waals surface area (Å²) in [7, 11) is 0. The van der Waals surface area contributed by atoms with Crippen molar-refractivity contribution < 1.29 is 4.79 Å². The highest BCUT2D eigenvalue weighted by Gasteiger charge is 2.36. The monoisotopic (exact) mass is 377 g/mol. The number of nitrogens with zero attached hydrogens (tertiary/aromatic N) is 3. The van der Waals surface area contributed by atoms with Crippen LogP contribution < -0.4 is 0 Å². The van der Waals surface area contributed by atoms with E-state index >= 15 is 0 Å². The van der Waals surface area contributed by atoms with Crippen molar-refractivity contribution in [1.29, 1.82) is 0 Å². The molecular weight excluding hydrogens is 357 g/mol. The number of hydrogen-bond acceptors (Lipinski definition) is 2. The number of hydrogen-bond donors (Lipinski definition) is 0. The van der Waals surface area contributed by atoms with Crippen LogP contribution in [0.15, 0.2) is 30.6 Å². The molecule has 0 atom stereocenters. The second-order valence-electron chi connectivity index (χ2n) is 7.14. The average Bonchev–Trinajstić information content (AvgIpc) is 3.49. The van der Waals surface area contributed by atoms with Gasteiger partial charge in [0.2, 0.25) is 5.91 Å². The third-order valence-electron chi connectivity index (χ3n) is 4.90. The SMILES string of the molecule is O=C(C1CC1)N(Cc1nccn1Cc1ccc(Cl)cc1Cl)CC1CC1. The second kappa shape index (κ2) is 7.00. The predicted octanol–water partition coefficient (Wildman–Crippen LogP) is 4.39. The molecule has 0 aliphatic heterocycles. The van der Waals surface area contributed by atoms with Crippen molar-refractivity contribution in [2.45, 2.75) is 38.8 Å². The molecule has 2 fully saturated rings. The Hall–Kier alpha value is -1.52. The molecule has 2 saturated carbocycles. The number of halogens is 2. The van der Waals surface area contributed by atoms with E-state index in [1.54, 1.807) is 12.3 Å². The van der Waals surface area contributed by atoms with Crippen LogP contribution in [0.5, 0.6) is 0 Å². The minimum Gasteiger partial charge on any atom is -0.335 e. The third-order valence-corrected chi connectivity index (χ3v) is 5.49.